The summed E-state index contributed by atoms with van der Waals surface area (Å²) >= 11 is 0. The molecule has 0 amide bonds. The van der Waals surface area contributed by atoms with Crippen LogP contribution in [-0.2, 0) is 11.3 Å². The van der Waals surface area contributed by atoms with Gasteiger partial charge < -0.3 is 10.8 Å². The first-order valence-corrected chi connectivity index (χ1v) is 4.68. The summed E-state index contributed by atoms with van der Waals surface area (Å²) in [6.07, 6.45) is 4.18. The Hall–Kier alpha value is -1.36. The molecular formula is C9H13N3O2. The van der Waals surface area contributed by atoms with E-state index in [0.29, 0.717) is 5.92 Å². The standard InChI is InChI=1S/C9H13N3O2/c10-7(9(13)14)5-12-4-3-8(11-12)6-1-2-6/h3-4,6-7H,1-2,5,10H2,(H,13,14). The maximum Gasteiger partial charge on any atom is 0.322 e. The molecule has 2 rings (SSSR count). The van der Waals surface area contributed by atoms with Gasteiger partial charge >= 0.3 is 5.97 Å². The molecule has 76 valence electrons. The second-order valence-electron chi connectivity index (χ2n) is 3.68. The lowest BCUT2D eigenvalue weighted by molar-refractivity contribution is -0.138. The number of nitrogens with zero attached hydrogens (tertiary/aromatic N) is 2. The smallest absolute Gasteiger partial charge is 0.322 e. The van der Waals surface area contributed by atoms with Crippen molar-refractivity contribution in [3.05, 3.63) is 18.0 Å². The second-order valence-corrected chi connectivity index (χ2v) is 3.68. The van der Waals surface area contributed by atoms with Crippen LogP contribution in [0.15, 0.2) is 12.3 Å². The molecule has 14 heavy (non-hydrogen) atoms. The zero-order valence-corrected chi connectivity index (χ0v) is 7.76. The summed E-state index contributed by atoms with van der Waals surface area (Å²) < 4.78 is 1.60. The third kappa shape index (κ3) is 1.93. The summed E-state index contributed by atoms with van der Waals surface area (Å²) in [5.74, 6) is -0.397. The summed E-state index contributed by atoms with van der Waals surface area (Å²) in [4.78, 5) is 10.5. The quantitative estimate of drug-likeness (QED) is 0.717. The molecule has 1 atom stereocenters. The molecule has 1 aliphatic rings. The molecule has 1 unspecified atom stereocenters. The molecule has 5 heteroatoms. The first-order valence-electron chi connectivity index (χ1n) is 4.68. The fourth-order valence-corrected chi connectivity index (χ4v) is 1.36. The van der Waals surface area contributed by atoms with E-state index in [1.165, 1.54) is 12.8 Å². The van der Waals surface area contributed by atoms with Crippen molar-refractivity contribution < 1.29 is 9.90 Å². The lowest BCUT2D eigenvalue weighted by Gasteiger charge is -2.05. The van der Waals surface area contributed by atoms with Crippen molar-refractivity contribution in [3.8, 4) is 0 Å². The highest BCUT2D eigenvalue weighted by atomic mass is 16.4. The predicted molar refractivity (Wildman–Crippen MR) is 49.8 cm³/mol. The number of rotatable bonds is 4. The van der Waals surface area contributed by atoms with Crippen LogP contribution >= 0.6 is 0 Å². The molecule has 0 bridgehead atoms. The summed E-state index contributed by atoms with van der Waals surface area (Å²) in [5.41, 5.74) is 6.45. The van der Waals surface area contributed by atoms with Gasteiger partial charge in [0.1, 0.15) is 6.04 Å². The molecule has 1 saturated carbocycles. The van der Waals surface area contributed by atoms with E-state index in [9.17, 15) is 4.79 Å². The molecule has 1 heterocycles. The Bertz CT molecular complexity index is 344. The minimum absolute atomic E-state index is 0.238. The first kappa shape index (κ1) is 9.21. The van der Waals surface area contributed by atoms with Crippen molar-refractivity contribution in [1.82, 2.24) is 9.78 Å². The van der Waals surface area contributed by atoms with Crippen molar-refractivity contribution >= 4 is 5.97 Å². The molecule has 0 saturated heterocycles. The van der Waals surface area contributed by atoms with Gasteiger partial charge in [-0.3, -0.25) is 9.48 Å². The maximum atomic E-state index is 10.5. The van der Waals surface area contributed by atoms with Gasteiger partial charge in [0.2, 0.25) is 0 Å². The van der Waals surface area contributed by atoms with Crippen LogP contribution < -0.4 is 5.73 Å². The van der Waals surface area contributed by atoms with Gasteiger partial charge in [-0.25, -0.2) is 0 Å². The monoisotopic (exact) mass is 195 g/mol. The molecule has 1 fully saturated rings. The topological polar surface area (TPSA) is 81.1 Å². The number of carboxylic acids is 1. The Kier molecular flexibility index (Phi) is 2.25. The largest absolute Gasteiger partial charge is 0.480 e. The summed E-state index contributed by atoms with van der Waals surface area (Å²) in [7, 11) is 0. The van der Waals surface area contributed by atoms with Gasteiger partial charge in [0.25, 0.3) is 0 Å². The van der Waals surface area contributed by atoms with Gasteiger partial charge in [-0.05, 0) is 18.9 Å². The normalized spacial score (nSPS) is 18.1. The highest BCUT2D eigenvalue weighted by Crippen LogP contribution is 2.38. The van der Waals surface area contributed by atoms with Gasteiger partial charge in [0.15, 0.2) is 0 Å². The van der Waals surface area contributed by atoms with Crippen LogP contribution in [0, 0.1) is 0 Å². The van der Waals surface area contributed by atoms with Crippen molar-refractivity contribution in [3.63, 3.8) is 0 Å². The van der Waals surface area contributed by atoms with E-state index in [4.69, 9.17) is 10.8 Å². The third-order valence-corrected chi connectivity index (χ3v) is 2.36. The van der Waals surface area contributed by atoms with Crippen LogP contribution in [0.4, 0.5) is 0 Å². The molecule has 1 aliphatic carbocycles. The van der Waals surface area contributed by atoms with E-state index in [1.54, 1.807) is 10.9 Å². The van der Waals surface area contributed by atoms with Crippen molar-refractivity contribution in [1.29, 1.82) is 0 Å². The Morgan fingerprint density at radius 3 is 3.07 bits per heavy atom. The molecule has 5 nitrogen and oxygen atoms in total. The highest BCUT2D eigenvalue weighted by molar-refractivity contribution is 5.72. The molecular weight excluding hydrogens is 182 g/mol. The van der Waals surface area contributed by atoms with E-state index in [-0.39, 0.29) is 6.54 Å². The Morgan fingerprint density at radius 1 is 1.79 bits per heavy atom. The Balaban J connectivity index is 1.98. The molecule has 0 radical (unpaired) electrons. The van der Waals surface area contributed by atoms with Crippen molar-refractivity contribution in [2.24, 2.45) is 5.73 Å². The Morgan fingerprint density at radius 2 is 2.50 bits per heavy atom. The lowest BCUT2D eigenvalue weighted by atomic mass is 10.3. The van der Waals surface area contributed by atoms with Crippen LogP contribution in [0.3, 0.4) is 0 Å². The highest BCUT2D eigenvalue weighted by Gasteiger charge is 2.26. The van der Waals surface area contributed by atoms with Crippen LogP contribution in [0.5, 0.6) is 0 Å². The van der Waals surface area contributed by atoms with E-state index >= 15 is 0 Å². The molecule has 1 aromatic heterocycles. The Labute approximate surface area is 81.5 Å². The van der Waals surface area contributed by atoms with E-state index in [2.05, 4.69) is 5.10 Å². The minimum Gasteiger partial charge on any atom is -0.480 e. The lowest BCUT2D eigenvalue weighted by Crippen LogP contribution is -2.34. The fraction of sp³-hybridized carbons (Fsp3) is 0.556. The zero-order chi connectivity index (χ0) is 10.1. The number of carboxylic acid groups (broad SMARTS) is 1. The summed E-state index contributed by atoms with van der Waals surface area (Å²) in [6, 6.07) is 1.06. The SMILES string of the molecule is NC(Cn1ccc(C2CC2)n1)C(=O)O. The number of aromatic nitrogens is 2. The number of aliphatic carboxylic acids is 1. The molecule has 3 N–H and O–H groups in total. The van der Waals surface area contributed by atoms with Gasteiger partial charge in [0.05, 0.1) is 12.2 Å². The maximum absolute atomic E-state index is 10.5. The van der Waals surface area contributed by atoms with Crippen molar-refractivity contribution in [2.75, 3.05) is 0 Å². The van der Waals surface area contributed by atoms with Gasteiger partial charge in [-0.1, -0.05) is 0 Å². The van der Waals surface area contributed by atoms with Crippen LogP contribution in [-0.4, -0.2) is 26.9 Å². The van der Waals surface area contributed by atoms with E-state index < -0.39 is 12.0 Å². The predicted octanol–water partition coefficient (Wildman–Crippen LogP) is 0.172. The second kappa shape index (κ2) is 3.42. The molecule has 1 aromatic rings. The van der Waals surface area contributed by atoms with Crippen LogP contribution in [0.2, 0.25) is 0 Å². The van der Waals surface area contributed by atoms with E-state index in [0.717, 1.165) is 5.69 Å². The number of carbonyl (C=O) groups is 1. The van der Waals surface area contributed by atoms with Crippen molar-refractivity contribution in [2.45, 2.75) is 31.3 Å². The van der Waals surface area contributed by atoms with E-state index in [1.807, 2.05) is 6.07 Å². The first-order chi connectivity index (χ1) is 6.66. The van der Waals surface area contributed by atoms with Crippen LogP contribution in [0.1, 0.15) is 24.5 Å². The average molecular weight is 195 g/mol. The van der Waals surface area contributed by atoms with Gasteiger partial charge in [0, 0.05) is 12.1 Å². The molecule has 0 spiro atoms. The summed E-state index contributed by atoms with van der Waals surface area (Å²) in [5, 5.41) is 12.9. The minimum atomic E-state index is -0.992. The fourth-order valence-electron chi connectivity index (χ4n) is 1.36. The molecule has 0 aromatic carbocycles. The van der Waals surface area contributed by atoms with Crippen LogP contribution in [0.25, 0.3) is 0 Å². The zero-order valence-electron chi connectivity index (χ0n) is 7.76. The number of hydrogen-bond donors (Lipinski definition) is 2. The van der Waals surface area contributed by atoms with Gasteiger partial charge in [-0.15, -0.1) is 0 Å². The third-order valence-electron chi connectivity index (χ3n) is 2.36. The van der Waals surface area contributed by atoms with Gasteiger partial charge in [-0.2, -0.15) is 5.10 Å². The number of nitrogens with two attached hydrogens (primary N) is 1. The molecule has 0 aliphatic heterocycles. The summed E-state index contributed by atoms with van der Waals surface area (Å²) in [6.45, 7) is 0.238. The average Bonchev–Trinajstić information content (AvgIpc) is 2.88. The number of hydrogen-bond acceptors (Lipinski definition) is 3.